The number of carbonyl (C=O) groups excluding carboxylic acids is 1. The van der Waals surface area contributed by atoms with Crippen molar-refractivity contribution >= 4 is 29.5 Å². The Kier molecular flexibility index (Phi) is 7.94. The summed E-state index contributed by atoms with van der Waals surface area (Å²) in [6.07, 6.45) is -4.89. The van der Waals surface area contributed by atoms with Gasteiger partial charge < -0.3 is 15.1 Å². The van der Waals surface area contributed by atoms with Crippen molar-refractivity contribution in [3.63, 3.8) is 0 Å². The predicted octanol–water partition coefficient (Wildman–Crippen LogP) is 4.96. The maximum atomic E-state index is 13.7. The lowest BCUT2D eigenvalue weighted by atomic mass is 10.1. The molecule has 0 radical (unpaired) electrons. The van der Waals surface area contributed by atoms with Crippen LogP contribution in [0.25, 0.3) is 0 Å². The number of ether oxygens (including phenoxy) is 1. The molecular weight excluding hydrogens is 495 g/mol. The van der Waals surface area contributed by atoms with E-state index in [0.29, 0.717) is 16.3 Å². The number of allylic oxidation sites excluding steroid dienone is 1. The molecule has 196 valence electrons. The molecule has 1 fully saturated rings. The van der Waals surface area contributed by atoms with Gasteiger partial charge in [-0.15, -0.1) is 5.53 Å². The highest BCUT2D eigenvalue weighted by Crippen LogP contribution is 2.34. The third-order valence-electron chi connectivity index (χ3n) is 4.96. The molecule has 1 saturated heterocycles. The topological polar surface area (TPSA) is 73.0 Å². The normalized spacial score (nSPS) is 18.3. The third-order valence-corrected chi connectivity index (χ3v) is 5.86. The molecule has 2 N–H and O–H groups in total. The van der Waals surface area contributed by atoms with Crippen LogP contribution in [-0.2, 0) is 10.5 Å². The van der Waals surface area contributed by atoms with Crippen LogP contribution in [-0.4, -0.2) is 52.8 Å². The Labute approximate surface area is 204 Å². The minimum Gasteiger partial charge on any atom is -0.443 e. The van der Waals surface area contributed by atoms with E-state index in [1.54, 1.807) is 42.4 Å². The molecule has 0 atom stereocenters. The lowest BCUT2D eigenvalue weighted by molar-refractivity contribution is -0.119. The van der Waals surface area contributed by atoms with Crippen LogP contribution in [0.3, 0.4) is 0 Å². The average Bonchev–Trinajstić information content (AvgIpc) is 3.13. The Morgan fingerprint density at radius 3 is 2.43 bits per heavy atom. The predicted molar refractivity (Wildman–Crippen MR) is 123 cm³/mol. The maximum absolute atomic E-state index is 13.7. The number of anilines is 2. The summed E-state index contributed by atoms with van der Waals surface area (Å²) in [7, 11) is 0. The van der Waals surface area contributed by atoms with Gasteiger partial charge in [-0.1, -0.05) is 0 Å². The zero-order valence-corrected chi connectivity index (χ0v) is 20.7. The van der Waals surface area contributed by atoms with E-state index in [1.165, 1.54) is 18.0 Å². The molecule has 0 spiro atoms. The Bertz CT molecular complexity index is 943. The highest BCUT2D eigenvalue weighted by atomic mass is 32.2. The number of piperidine rings is 1. The summed E-state index contributed by atoms with van der Waals surface area (Å²) in [5.41, 5.74) is 6.37. The number of carbonyl (C=O) groups is 1. The van der Waals surface area contributed by atoms with Crippen LogP contribution < -0.4 is 20.8 Å². The number of halogens is 5. The van der Waals surface area contributed by atoms with E-state index in [2.05, 4.69) is 15.9 Å². The molecule has 0 saturated carbocycles. The number of pyridine rings is 1. The van der Waals surface area contributed by atoms with Crippen LogP contribution in [0.2, 0.25) is 0 Å². The number of aromatic nitrogens is 1. The maximum Gasteiger partial charge on any atom is 0.416 e. The van der Waals surface area contributed by atoms with Crippen molar-refractivity contribution in [1.82, 2.24) is 20.4 Å². The van der Waals surface area contributed by atoms with Crippen LogP contribution in [0.1, 0.15) is 46.2 Å². The quantitative estimate of drug-likeness (QED) is 0.400. The Morgan fingerprint density at radius 1 is 1.23 bits per heavy atom. The van der Waals surface area contributed by atoms with E-state index in [1.807, 2.05) is 6.92 Å². The fraction of sp³-hybridized carbons (Fsp3) is 0.619. The fourth-order valence-corrected chi connectivity index (χ4v) is 4.13. The van der Waals surface area contributed by atoms with E-state index in [0.717, 1.165) is 5.70 Å². The van der Waals surface area contributed by atoms with E-state index < -0.39 is 30.3 Å². The summed E-state index contributed by atoms with van der Waals surface area (Å²) in [5, 5.41) is 0. The van der Waals surface area contributed by atoms with Gasteiger partial charge in [-0.2, -0.15) is 13.2 Å². The first-order valence-corrected chi connectivity index (χ1v) is 11.9. The molecule has 1 aromatic heterocycles. The summed E-state index contributed by atoms with van der Waals surface area (Å²) in [5.74, 6) is -2.82. The van der Waals surface area contributed by atoms with Gasteiger partial charge in [-0.25, -0.2) is 23.0 Å². The van der Waals surface area contributed by atoms with Gasteiger partial charge in [0.1, 0.15) is 18.0 Å². The number of rotatable bonds is 6. The van der Waals surface area contributed by atoms with Gasteiger partial charge in [-0.3, -0.25) is 4.90 Å². The van der Waals surface area contributed by atoms with Crippen molar-refractivity contribution in [2.75, 3.05) is 29.4 Å². The number of amides is 1. The molecule has 8 nitrogen and oxygen atoms in total. The van der Waals surface area contributed by atoms with E-state index in [9.17, 15) is 26.7 Å². The van der Waals surface area contributed by atoms with Crippen molar-refractivity contribution in [2.24, 2.45) is 0 Å². The molecule has 35 heavy (non-hydrogen) atoms. The number of nitrogens with zero attached hydrogens (tertiary/aromatic N) is 4. The standard InChI is InChI=1S/C21H29F5N6O2S/c1-14-11-32(29-28-14)35-12-15-9-16(30-7-5-20(22,23)6-8-30)10-17(27-15)31(13-21(24,25)26)18(33)34-19(2,3)4/h9-11,28-29H,5-8,12-13H2,1-4H3. The number of hydrogen-bond acceptors (Lipinski definition) is 8. The van der Waals surface area contributed by atoms with Crippen LogP contribution in [0, 0.1) is 0 Å². The molecule has 0 bridgehead atoms. The Balaban J connectivity index is 1.94. The lowest BCUT2D eigenvalue weighted by Gasteiger charge is -2.34. The van der Waals surface area contributed by atoms with Crippen molar-refractivity contribution in [2.45, 2.75) is 64.0 Å². The summed E-state index contributed by atoms with van der Waals surface area (Å²) in [6, 6.07) is 2.95. The molecular formula is C21H29F5N6O2S. The minimum absolute atomic E-state index is 0.0221. The molecule has 0 aromatic carbocycles. The first kappa shape index (κ1) is 27.1. The average molecular weight is 525 g/mol. The van der Waals surface area contributed by atoms with Gasteiger partial charge in [0.25, 0.3) is 5.92 Å². The van der Waals surface area contributed by atoms with E-state index >= 15 is 0 Å². The smallest absolute Gasteiger partial charge is 0.416 e. The van der Waals surface area contributed by atoms with Crippen molar-refractivity contribution in [3.8, 4) is 0 Å². The first-order chi connectivity index (χ1) is 16.1. The van der Waals surface area contributed by atoms with Crippen LogP contribution in [0.4, 0.5) is 38.3 Å². The van der Waals surface area contributed by atoms with E-state index in [4.69, 9.17) is 4.74 Å². The molecule has 0 unspecified atom stereocenters. The van der Waals surface area contributed by atoms with Gasteiger partial charge in [0, 0.05) is 43.4 Å². The molecule has 3 rings (SSSR count). The van der Waals surface area contributed by atoms with Gasteiger partial charge in [-0.05, 0) is 45.7 Å². The molecule has 2 aliphatic rings. The second kappa shape index (κ2) is 10.2. The van der Waals surface area contributed by atoms with Crippen LogP contribution in [0.15, 0.2) is 24.0 Å². The summed E-state index contributed by atoms with van der Waals surface area (Å²) < 4.78 is 74.5. The molecule has 14 heteroatoms. The SMILES string of the molecule is CC1=CN(SCc2cc(N3CCC(F)(F)CC3)cc(N(CC(F)(F)F)C(=O)OC(C)(C)C)n2)NN1. The van der Waals surface area contributed by atoms with Gasteiger partial charge in [0.2, 0.25) is 0 Å². The fourth-order valence-electron chi connectivity index (χ4n) is 3.37. The van der Waals surface area contributed by atoms with Crippen molar-refractivity contribution in [3.05, 3.63) is 29.7 Å². The lowest BCUT2D eigenvalue weighted by Crippen LogP contribution is -2.43. The molecule has 3 heterocycles. The van der Waals surface area contributed by atoms with Gasteiger partial charge in [0.05, 0.1) is 17.6 Å². The summed E-state index contributed by atoms with van der Waals surface area (Å²) >= 11 is 1.27. The number of alkyl halides is 5. The molecule has 0 aliphatic carbocycles. The van der Waals surface area contributed by atoms with Crippen molar-refractivity contribution in [1.29, 1.82) is 0 Å². The second-order valence-corrected chi connectivity index (χ2v) is 10.3. The summed E-state index contributed by atoms with van der Waals surface area (Å²) in [4.78, 5) is 19.1. The van der Waals surface area contributed by atoms with Crippen molar-refractivity contribution < 1.29 is 31.5 Å². The van der Waals surface area contributed by atoms with Gasteiger partial charge in [0.15, 0.2) is 0 Å². The molecule has 1 amide bonds. The molecule has 1 aromatic rings. The highest BCUT2D eigenvalue weighted by Gasteiger charge is 2.38. The number of nitrogens with one attached hydrogen (secondary N) is 2. The third kappa shape index (κ3) is 8.30. The van der Waals surface area contributed by atoms with Crippen LogP contribution in [0.5, 0.6) is 0 Å². The zero-order chi connectivity index (χ0) is 26.0. The number of hydrazine groups is 2. The second-order valence-electron chi connectivity index (χ2n) is 9.35. The zero-order valence-electron chi connectivity index (χ0n) is 19.9. The minimum atomic E-state index is -4.72. The summed E-state index contributed by atoms with van der Waals surface area (Å²) in [6.45, 7) is 4.91. The Morgan fingerprint density at radius 2 is 1.89 bits per heavy atom. The molecule has 2 aliphatic heterocycles. The van der Waals surface area contributed by atoms with Gasteiger partial charge >= 0.3 is 12.3 Å². The largest absolute Gasteiger partial charge is 0.443 e. The number of hydrogen-bond donors (Lipinski definition) is 2. The first-order valence-electron chi connectivity index (χ1n) is 10.9. The highest BCUT2D eigenvalue weighted by molar-refractivity contribution is 7.96. The van der Waals surface area contributed by atoms with Crippen LogP contribution >= 0.6 is 11.9 Å². The monoisotopic (exact) mass is 524 g/mol. The van der Waals surface area contributed by atoms with E-state index in [-0.39, 0.29) is 37.5 Å². The Hall–Kier alpha value is -2.48.